The fraction of sp³-hybridized carbons (Fsp3) is 0.571. The normalized spacial score (nSPS) is 31.5. The van der Waals surface area contributed by atoms with E-state index in [9.17, 15) is 0 Å². The van der Waals surface area contributed by atoms with Gasteiger partial charge in [-0.2, -0.15) is 0 Å². The quantitative estimate of drug-likeness (QED) is 0.699. The molecule has 0 aliphatic heterocycles. The molecule has 0 radical (unpaired) electrons. The third-order valence-electron chi connectivity index (χ3n) is 0.891. The summed E-state index contributed by atoms with van der Waals surface area (Å²) in [7, 11) is 0. The van der Waals surface area contributed by atoms with Gasteiger partial charge < -0.3 is 0 Å². The van der Waals surface area contributed by atoms with Crippen molar-refractivity contribution in [3.63, 3.8) is 0 Å². The van der Waals surface area contributed by atoms with Gasteiger partial charge in [-0.05, 0) is 18.0 Å². The topological polar surface area (TPSA) is 38.7 Å². The first-order valence-electron chi connectivity index (χ1n) is 7.10. The molecule has 0 aromatic carbocycles. The lowest BCUT2D eigenvalue weighted by Gasteiger charge is -2.04. The molecule has 0 spiro atoms. The SMILES string of the molecule is [2H]C([2H])([2H])C([2H])([2H])C([2H])(c1ncnc(Cl)n1)C([2H])([2H])[2H]. The number of aromatic nitrogens is 3. The molecule has 11 heavy (non-hydrogen) atoms. The van der Waals surface area contributed by atoms with Crippen LogP contribution in [0.25, 0.3) is 0 Å². The predicted molar refractivity (Wildman–Crippen MR) is 43.5 cm³/mol. The van der Waals surface area contributed by atoms with E-state index in [-0.39, 0.29) is 0 Å². The molecule has 1 unspecified atom stereocenters. The molecule has 0 amide bonds. The Kier molecular flexibility index (Phi) is 0.787. The van der Waals surface area contributed by atoms with E-state index in [0.29, 0.717) is 0 Å². The van der Waals surface area contributed by atoms with Crippen LogP contribution in [0.2, 0.25) is 5.28 Å². The second-order valence-electron chi connectivity index (χ2n) is 1.58. The summed E-state index contributed by atoms with van der Waals surface area (Å²) in [4.78, 5) is 10.2. The van der Waals surface area contributed by atoms with Gasteiger partial charge >= 0.3 is 0 Å². The van der Waals surface area contributed by atoms with Gasteiger partial charge in [0.25, 0.3) is 0 Å². The Morgan fingerprint density at radius 3 is 3.45 bits per heavy atom. The van der Waals surface area contributed by atoms with E-state index < -0.39 is 37.1 Å². The predicted octanol–water partition coefficient (Wildman–Crippen LogP) is 2.04. The summed E-state index contributed by atoms with van der Waals surface area (Å²) in [5, 5.41) is -0.461. The maximum Gasteiger partial charge on any atom is 0.225 e. The van der Waals surface area contributed by atoms with Gasteiger partial charge in [-0.3, -0.25) is 0 Å². The number of hydrogen-bond acceptors (Lipinski definition) is 3. The van der Waals surface area contributed by atoms with Crippen molar-refractivity contribution in [2.24, 2.45) is 0 Å². The molecule has 1 aromatic rings. The molecule has 0 saturated heterocycles. The van der Waals surface area contributed by atoms with Crippen LogP contribution < -0.4 is 0 Å². The Balaban J connectivity index is 3.63. The molecule has 4 heteroatoms. The second kappa shape index (κ2) is 3.62. The van der Waals surface area contributed by atoms with E-state index in [2.05, 4.69) is 15.0 Å². The second-order valence-corrected chi connectivity index (χ2v) is 1.92. The average molecular weight is 181 g/mol. The number of nitrogens with zero attached hydrogens (tertiary/aromatic N) is 3. The zero-order valence-electron chi connectivity index (χ0n) is 14.3. The van der Waals surface area contributed by atoms with Crippen LogP contribution in [0.15, 0.2) is 6.33 Å². The standard InChI is InChI=1S/C7H10ClN3/c1-3-5(2)6-9-4-10-7(8)11-6/h4-5H,3H2,1-2H3/i1D3,2D3,3D2,5D. The molecule has 1 rings (SSSR count). The summed E-state index contributed by atoms with van der Waals surface area (Å²) in [5.41, 5.74) is 0. The van der Waals surface area contributed by atoms with E-state index in [1.165, 1.54) is 0 Å². The zero-order chi connectivity index (χ0) is 16.0. The van der Waals surface area contributed by atoms with Crippen molar-refractivity contribution in [3.8, 4) is 0 Å². The largest absolute Gasteiger partial charge is 0.225 e. The summed E-state index contributed by atoms with van der Waals surface area (Å²) in [6.07, 6.45) is -2.65. The minimum atomic E-state index is -3.43. The Bertz CT molecular complexity index is 499. The van der Waals surface area contributed by atoms with Crippen LogP contribution in [0.5, 0.6) is 0 Å². The molecule has 0 saturated carbocycles. The zero-order valence-corrected chi connectivity index (χ0v) is 6.05. The minimum absolute atomic E-state index is 0.461. The van der Waals surface area contributed by atoms with E-state index in [1.54, 1.807) is 0 Å². The summed E-state index contributed by atoms with van der Waals surface area (Å²) in [5.74, 6) is -4.09. The minimum Gasteiger partial charge on any atom is -0.221 e. The fourth-order valence-electron chi connectivity index (χ4n) is 0.453. The molecule has 0 N–H and O–H groups in total. The number of hydrogen-bond donors (Lipinski definition) is 0. The lowest BCUT2D eigenvalue weighted by molar-refractivity contribution is 0.671. The van der Waals surface area contributed by atoms with Crippen LogP contribution in [-0.4, -0.2) is 15.0 Å². The third-order valence-corrected chi connectivity index (χ3v) is 1.07. The van der Waals surface area contributed by atoms with Crippen LogP contribution in [0.1, 0.15) is 44.1 Å². The molecular formula is C7H10ClN3. The van der Waals surface area contributed by atoms with E-state index in [0.717, 1.165) is 6.33 Å². The van der Waals surface area contributed by atoms with Gasteiger partial charge in [-0.1, -0.05) is 13.7 Å². The highest BCUT2D eigenvalue weighted by molar-refractivity contribution is 6.28. The third kappa shape index (κ3) is 2.12. The highest BCUT2D eigenvalue weighted by Gasteiger charge is 2.05. The Morgan fingerprint density at radius 1 is 1.91 bits per heavy atom. The molecule has 0 aliphatic carbocycles. The molecule has 60 valence electrons. The molecule has 1 atom stereocenters. The van der Waals surface area contributed by atoms with E-state index in [1.807, 2.05) is 0 Å². The van der Waals surface area contributed by atoms with Gasteiger partial charge in [0.15, 0.2) is 0 Å². The molecule has 1 aromatic heterocycles. The van der Waals surface area contributed by atoms with Crippen LogP contribution in [0.3, 0.4) is 0 Å². The van der Waals surface area contributed by atoms with E-state index in [4.69, 9.17) is 23.9 Å². The number of rotatable bonds is 2. The van der Waals surface area contributed by atoms with Gasteiger partial charge in [-0.25, -0.2) is 15.0 Å². The summed E-state index contributed by atoms with van der Waals surface area (Å²) < 4.78 is 66.7. The Morgan fingerprint density at radius 2 is 2.82 bits per heavy atom. The van der Waals surface area contributed by atoms with Crippen LogP contribution in [-0.2, 0) is 0 Å². The van der Waals surface area contributed by atoms with Crippen LogP contribution in [0.4, 0.5) is 0 Å². The van der Waals surface area contributed by atoms with Crippen LogP contribution in [0, 0.1) is 0 Å². The monoisotopic (exact) mass is 180 g/mol. The summed E-state index contributed by atoms with van der Waals surface area (Å²) >= 11 is 5.47. The van der Waals surface area contributed by atoms with Crippen molar-refractivity contribution < 1.29 is 12.3 Å². The van der Waals surface area contributed by atoms with E-state index >= 15 is 0 Å². The van der Waals surface area contributed by atoms with Gasteiger partial charge in [0.05, 0.1) is 0 Å². The molecule has 1 heterocycles. The average Bonchev–Trinajstić information content (AvgIpc) is 2.24. The maximum absolute atomic E-state index is 7.96. The lowest BCUT2D eigenvalue weighted by atomic mass is 10.1. The van der Waals surface area contributed by atoms with Crippen molar-refractivity contribution in [1.29, 1.82) is 0 Å². The highest BCUT2D eigenvalue weighted by Crippen LogP contribution is 2.13. The highest BCUT2D eigenvalue weighted by atomic mass is 35.5. The van der Waals surface area contributed by atoms with Gasteiger partial charge in [0.2, 0.25) is 5.28 Å². The number of halogens is 1. The maximum atomic E-state index is 7.96. The fourth-order valence-corrected chi connectivity index (χ4v) is 0.576. The van der Waals surface area contributed by atoms with Gasteiger partial charge in [0, 0.05) is 18.2 Å². The lowest BCUT2D eigenvalue weighted by Crippen LogP contribution is -2.00. The molecular weight excluding hydrogens is 162 g/mol. The van der Waals surface area contributed by atoms with Crippen molar-refractivity contribution in [1.82, 2.24) is 15.0 Å². The first-order chi connectivity index (χ1) is 8.75. The van der Waals surface area contributed by atoms with Crippen LogP contribution >= 0.6 is 11.6 Å². The van der Waals surface area contributed by atoms with Crippen molar-refractivity contribution >= 4 is 11.6 Å². The van der Waals surface area contributed by atoms with Crippen molar-refractivity contribution in [2.45, 2.75) is 26.0 Å². The van der Waals surface area contributed by atoms with Crippen molar-refractivity contribution in [2.75, 3.05) is 0 Å². The molecule has 3 nitrogen and oxygen atoms in total. The first kappa shape index (κ1) is 2.39. The Labute approximate surface area is 83.5 Å². The van der Waals surface area contributed by atoms with Gasteiger partial charge in [0.1, 0.15) is 12.2 Å². The Hall–Kier alpha value is -0.700. The summed E-state index contributed by atoms with van der Waals surface area (Å²) in [6.45, 7) is -6.71. The van der Waals surface area contributed by atoms with Crippen molar-refractivity contribution in [3.05, 3.63) is 17.4 Å². The summed E-state index contributed by atoms with van der Waals surface area (Å²) in [6, 6.07) is 0. The van der Waals surface area contributed by atoms with Gasteiger partial charge in [-0.15, -0.1) is 0 Å². The first-order valence-corrected chi connectivity index (χ1v) is 2.98. The molecule has 0 aliphatic rings. The smallest absolute Gasteiger partial charge is 0.221 e. The molecule has 0 fully saturated rings. The molecule has 0 bridgehead atoms.